The van der Waals surface area contributed by atoms with Crippen LogP contribution in [0, 0.1) is 17.8 Å². The van der Waals surface area contributed by atoms with Crippen molar-refractivity contribution in [2.75, 3.05) is 35.2 Å². The summed E-state index contributed by atoms with van der Waals surface area (Å²) in [5.74, 6) is 1.02. The van der Waals surface area contributed by atoms with E-state index < -0.39 is 29.1 Å². The summed E-state index contributed by atoms with van der Waals surface area (Å²) >= 11 is -1.85. The Morgan fingerprint density at radius 2 is 1.92 bits per heavy atom. The number of piperidine rings is 1. The normalized spacial score (nSPS) is 34.5. The number of fused-ring (bicyclic) bond motifs is 1. The minimum atomic E-state index is -4.59. The molecule has 2 N–H and O–H groups in total. The first kappa shape index (κ1) is 17.9. The highest BCUT2D eigenvalue weighted by Crippen LogP contribution is 2.52. The van der Waals surface area contributed by atoms with Crippen molar-refractivity contribution in [3.05, 3.63) is 11.8 Å². The van der Waals surface area contributed by atoms with E-state index in [4.69, 9.17) is 4.55 Å². The van der Waals surface area contributed by atoms with Crippen molar-refractivity contribution in [1.29, 1.82) is 0 Å². The molecule has 2 saturated heterocycles. The Labute approximate surface area is 150 Å². The first-order valence-corrected chi connectivity index (χ1v) is 9.66. The van der Waals surface area contributed by atoms with Gasteiger partial charge in [-0.2, -0.15) is 18.2 Å². The molecule has 0 aromatic carbocycles. The number of anilines is 2. The lowest BCUT2D eigenvalue weighted by Gasteiger charge is -2.43. The van der Waals surface area contributed by atoms with Crippen molar-refractivity contribution in [3.8, 4) is 0 Å². The number of nitrogens with zero attached hydrogens (tertiary/aromatic N) is 4. The fourth-order valence-corrected chi connectivity index (χ4v) is 4.78. The number of hydrogen-bond donors (Lipinski definition) is 2. The Bertz CT molecular complexity index is 737. The second-order valence-electron chi connectivity index (χ2n) is 7.25. The highest BCUT2D eigenvalue weighted by atomic mass is 32.2. The summed E-state index contributed by atoms with van der Waals surface area (Å²) in [5.41, 5.74) is -1.00. The molecule has 1 aromatic rings. The van der Waals surface area contributed by atoms with Crippen LogP contribution in [0.5, 0.6) is 0 Å². The van der Waals surface area contributed by atoms with Crippen LogP contribution in [0.3, 0.4) is 0 Å². The van der Waals surface area contributed by atoms with Crippen molar-refractivity contribution < 1.29 is 27.0 Å². The number of aliphatic hydroxyl groups excluding tert-OH is 1. The summed E-state index contributed by atoms with van der Waals surface area (Å²) in [5, 5.41) is 9.62. The lowest BCUT2D eigenvalue weighted by atomic mass is 10.0. The van der Waals surface area contributed by atoms with Crippen LogP contribution in [0.15, 0.2) is 6.07 Å². The predicted molar refractivity (Wildman–Crippen MR) is 88.2 cm³/mol. The number of β-amino-alcohol motifs (C(OH)–C–C–N with tert-alkyl or cyclic N) is 1. The van der Waals surface area contributed by atoms with Crippen LogP contribution >= 0.6 is 0 Å². The lowest BCUT2D eigenvalue weighted by molar-refractivity contribution is -0.141. The number of aliphatic hydroxyl groups is 1. The third-order valence-corrected chi connectivity index (χ3v) is 6.38. The largest absolute Gasteiger partial charge is 0.433 e. The van der Waals surface area contributed by atoms with Gasteiger partial charge in [0.15, 0.2) is 16.8 Å². The molecule has 0 spiro atoms. The molecule has 3 fully saturated rings. The van der Waals surface area contributed by atoms with Gasteiger partial charge in [-0.15, -0.1) is 0 Å². The van der Waals surface area contributed by atoms with Crippen LogP contribution in [0.1, 0.15) is 12.6 Å². The summed E-state index contributed by atoms with van der Waals surface area (Å²) in [6.45, 7) is 2.97. The van der Waals surface area contributed by atoms with Crippen LogP contribution in [-0.2, 0) is 17.3 Å². The maximum absolute atomic E-state index is 13.2. The Morgan fingerprint density at radius 3 is 2.42 bits per heavy atom. The van der Waals surface area contributed by atoms with E-state index >= 15 is 0 Å². The van der Waals surface area contributed by atoms with Gasteiger partial charge in [-0.1, -0.05) is 0 Å². The van der Waals surface area contributed by atoms with Gasteiger partial charge in [0.25, 0.3) is 0 Å². The van der Waals surface area contributed by atoms with Crippen LogP contribution < -0.4 is 9.80 Å². The molecule has 1 saturated carbocycles. The van der Waals surface area contributed by atoms with Gasteiger partial charge >= 0.3 is 6.18 Å². The van der Waals surface area contributed by atoms with Gasteiger partial charge in [-0.25, -0.2) is 9.19 Å². The maximum Gasteiger partial charge on any atom is 0.433 e. The maximum atomic E-state index is 13.2. The fraction of sp³-hybridized carbons (Fsp3) is 0.733. The van der Waals surface area contributed by atoms with Crippen LogP contribution in [-0.4, -0.2) is 61.4 Å². The first-order chi connectivity index (χ1) is 12.1. The summed E-state index contributed by atoms with van der Waals surface area (Å²) in [7, 11) is 0. The molecule has 6 atom stereocenters. The topological polar surface area (TPSA) is 89.8 Å². The minimum absolute atomic E-state index is 0.0267. The van der Waals surface area contributed by atoms with E-state index in [9.17, 15) is 22.5 Å². The summed E-state index contributed by atoms with van der Waals surface area (Å²) < 4.78 is 59.7. The molecule has 2 unspecified atom stereocenters. The van der Waals surface area contributed by atoms with Gasteiger partial charge in [0.2, 0.25) is 5.95 Å². The molecule has 0 bridgehead atoms. The van der Waals surface area contributed by atoms with Crippen molar-refractivity contribution in [2.45, 2.75) is 25.2 Å². The van der Waals surface area contributed by atoms with Gasteiger partial charge in [0, 0.05) is 25.7 Å². The molecule has 1 aromatic heterocycles. The van der Waals surface area contributed by atoms with E-state index in [0.717, 1.165) is 6.07 Å². The van der Waals surface area contributed by atoms with E-state index in [-0.39, 0.29) is 47.9 Å². The summed E-state index contributed by atoms with van der Waals surface area (Å²) in [6.07, 6.45) is -5.19. The Kier molecular flexibility index (Phi) is 4.16. The highest BCUT2D eigenvalue weighted by molar-refractivity contribution is 7.79. The molecular weight excluding hydrogens is 373 g/mol. The van der Waals surface area contributed by atoms with E-state index in [1.54, 1.807) is 16.7 Å². The van der Waals surface area contributed by atoms with E-state index in [1.807, 2.05) is 0 Å². The van der Waals surface area contributed by atoms with Gasteiger partial charge in [0.1, 0.15) is 5.82 Å². The molecule has 3 aliphatic rings. The zero-order valence-electron chi connectivity index (χ0n) is 13.9. The van der Waals surface area contributed by atoms with Gasteiger partial charge in [-0.05, 0) is 24.7 Å². The second-order valence-corrected chi connectivity index (χ2v) is 8.23. The number of halogens is 3. The zero-order valence-corrected chi connectivity index (χ0v) is 14.7. The van der Waals surface area contributed by atoms with Crippen molar-refractivity contribution in [2.24, 2.45) is 17.8 Å². The number of rotatable bonds is 4. The Morgan fingerprint density at radius 1 is 1.27 bits per heavy atom. The smallest absolute Gasteiger partial charge is 0.389 e. The Balaban J connectivity index is 1.56. The lowest BCUT2D eigenvalue weighted by Crippen LogP contribution is -2.59. The van der Waals surface area contributed by atoms with Gasteiger partial charge in [-0.3, -0.25) is 0 Å². The third kappa shape index (κ3) is 3.05. The summed E-state index contributed by atoms with van der Waals surface area (Å²) in [6, 6.07) is 0.621. The molecule has 4 rings (SSSR count). The molecule has 0 amide bonds. The van der Waals surface area contributed by atoms with Crippen LogP contribution in [0.2, 0.25) is 0 Å². The van der Waals surface area contributed by atoms with Gasteiger partial charge in [0.05, 0.1) is 17.9 Å². The standard InChI is InChI=1S/C15H19F3N4O3S/c1-7-11(23)5-22(7)14-19-12(15(16,17)18)2-13(20-14)21-3-8-9(4-21)10(8)6-26(24)25/h2,7-11,23H,3-6H2,1H3,(H,24,25)/t7-,8-,9+,10?,11+/m0/s1. The average Bonchev–Trinajstić information content (AvgIpc) is 3.00. The molecule has 7 nitrogen and oxygen atoms in total. The van der Waals surface area contributed by atoms with Crippen molar-refractivity contribution >= 4 is 22.8 Å². The predicted octanol–water partition coefficient (Wildman–Crippen LogP) is 0.969. The molecule has 0 radical (unpaired) electrons. The molecule has 144 valence electrons. The summed E-state index contributed by atoms with van der Waals surface area (Å²) in [4.78, 5) is 11.3. The molecule has 3 heterocycles. The second kappa shape index (κ2) is 6.03. The zero-order chi connectivity index (χ0) is 18.8. The van der Waals surface area contributed by atoms with Gasteiger partial charge < -0.3 is 19.5 Å². The van der Waals surface area contributed by atoms with E-state index in [1.165, 1.54) is 0 Å². The van der Waals surface area contributed by atoms with E-state index in [0.29, 0.717) is 13.1 Å². The highest BCUT2D eigenvalue weighted by Gasteiger charge is 2.56. The molecule has 11 heteroatoms. The molecular formula is C15H19F3N4O3S. The van der Waals surface area contributed by atoms with Crippen LogP contribution in [0.25, 0.3) is 0 Å². The molecule has 1 aliphatic carbocycles. The minimum Gasteiger partial charge on any atom is -0.389 e. The quantitative estimate of drug-likeness (QED) is 0.738. The number of alkyl halides is 3. The number of hydrogen-bond acceptors (Lipinski definition) is 6. The first-order valence-electron chi connectivity index (χ1n) is 8.38. The number of aromatic nitrogens is 2. The SMILES string of the molecule is C[C@H]1[C@H](O)CN1c1nc(N2C[C@@H]3C(CS(=O)O)[C@@H]3C2)cc(C(F)(F)F)n1. The average molecular weight is 392 g/mol. The van der Waals surface area contributed by atoms with Crippen molar-refractivity contribution in [1.82, 2.24) is 9.97 Å². The third-order valence-electron chi connectivity index (χ3n) is 5.71. The van der Waals surface area contributed by atoms with E-state index in [2.05, 4.69) is 9.97 Å². The van der Waals surface area contributed by atoms with Crippen LogP contribution in [0.4, 0.5) is 24.9 Å². The van der Waals surface area contributed by atoms with Crippen molar-refractivity contribution in [3.63, 3.8) is 0 Å². The Hall–Kier alpha value is -1.46. The molecule has 26 heavy (non-hydrogen) atoms. The monoisotopic (exact) mass is 392 g/mol. The molecule has 2 aliphatic heterocycles. The fourth-order valence-electron chi connectivity index (χ4n) is 3.96.